The molecule has 160 valence electrons. The van der Waals surface area contributed by atoms with Crippen LogP contribution in [-0.2, 0) is 6.18 Å². The monoisotopic (exact) mass is 435 g/mol. The molecule has 0 spiro atoms. The molecule has 2 heterocycles. The van der Waals surface area contributed by atoms with Crippen molar-refractivity contribution < 1.29 is 13.2 Å². The summed E-state index contributed by atoms with van der Waals surface area (Å²) < 4.78 is 41.5. The van der Waals surface area contributed by atoms with Crippen molar-refractivity contribution in [2.24, 2.45) is 0 Å². The van der Waals surface area contributed by atoms with Crippen molar-refractivity contribution in [3.63, 3.8) is 0 Å². The van der Waals surface area contributed by atoms with Crippen LogP contribution in [0.3, 0.4) is 0 Å². The summed E-state index contributed by atoms with van der Waals surface area (Å²) in [6.45, 7) is 9.47. The number of hydrogen-bond acceptors (Lipinski definition) is 5. The minimum atomic E-state index is -4.51. The SMILES string of the molecule is [C-]#[N+]C1=C(C)N(c2cccc(C(F)(F)F)c2)c2nc(NC)nn2[C@@H]1c1ccc(C#N)cc1. The normalized spacial score (nSPS) is 15.7. The highest BCUT2D eigenvalue weighted by molar-refractivity contribution is 5.68. The van der Waals surface area contributed by atoms with Crippen molar-refractivity contribution in [2.75, 3.05) is 17.3 Å². The molecule has 3 aromatic rings. The smallest absolute Gasteiger partial charge is 0.356 e. The summed E-state index contributed by atoms with van der Waals surface area (Å²) in [6.07, 6.45) is -4.51. The molecule has 10 heteroatoms. The van der Waals surface area contributed by atoms with E-state index < -0.39 is 17.8 Å². The molecule has 32 heavy (non-hydrogen) atoms. The van der Waals surface area contributed by atoms with Gasteiger partial charge < -0.3 is 5.32 Å². The Labute approximate surface area is 181 Å². The van der Waals surface area contributed by atoms with Gasteiger partial charge in [-0.3, -0.25) is 4.90 Å². The minimum absolute atomic E-state index is 0.216. The van der Waals surface area contributed by atoms with Crippen LogP contribution in [0.5, 0.6) is 0 Å². The van der Waals surface area contributed by atoms with Gasteiger partial charge in [-0.2, -0.15) is 23.4 Å². The van der Waals surface area contributed by atoms with Crippen LogP contribution >= 0.6 is 0 Å². The molecule has 1 N–H and O–H groups in total. The van der Waals surface area contributed by atoms with Gasteiger partial charge >= 0.3 is 6.18 Å². The van der Waals surface area contributed by atoms with Crippen molar-refractivity contribution in [3.05, 3.63) is 88.0 Å². The molecule has 0 saturated heterocycles. The molecule has 7 nitrogen and oxygen atoms in total. The number of nitrogens with one attached hydrogen (secondary N) is 1. The fraction of sp³-hybridized carbons (Fsp3) is 0.182. The minimum Gasteiger partial charge on any atom is -0.356 e. The lowest BCUT2D eigenvalue weighted by Crippen LogP contribution is -2.30. The van der Waals surface area contributed by atoms with Gasteiger partial charge in [0.15, 0.2) is 0 Å². The number of allylic oxidation sites excluding steroid dienone is 2. The molecule has 1 aliphatic heterocycles. The number of hydrogen-bond donors (Lipinski definition) is 1. The average molecular weight is 435 g/mol. The molecule has 0 unspecified atom stereocenters. The Kier molecular flexibility index (Phi) is 5.07. The number of fused-ring (bicyclic) bond motifs is 1. The summed E-state index contributed by atoms with van der Waals surface area (Å²) in [7, 11) is 1.63. The Morgan fingerprint density at radius 3 is 2.50 bits per heavy atom. The van der Waals surface area contributed by atoms with Crippen LogP contribution in [-0.4, -0.2) is 21.8 Å². The standard InChI is InChI=1S/C22H16F3N7/c1-13-18(27-2)19(15-9-7-14(12-26)8-10-15)32-21(29-20(28-3)30-32)31(13)17-6-4-5-16(11-17)22(23,24)25/h4-11,19H,1,3H3,(H,28,30)/t19-/m1/s1. The lowest BCUT2D eigenvalue weighted by atomic mass is 9.99. The Morgan fingerprint density at radius 2 is 1.91 bits per heavy atom. The van der Waals surface area contributed by atoms with Crippen LogP contribution in [0.15, 0.2) is 59.9 Å². The third-order valence-corrected chi connectivity index (χ3v) is 5.15. The van der Waals surface area contributed by atoms with Crippen LogP contribution in [0.25, 0.3) is 4.85 Å². The van der Waals surface area contributed by atoms with E-state index in [-0.39, 0.29) is 23.3 Å². The first-order chi connectivity index (χ1) is 15.3. The zero-order valence-corrected chi connectivity index (χ0v) is 17.0. The Morgan fingerprint density at radius 1 is 1.19 bits per heavy atom. The second-order valence-corrected chi connectivity index (χ2v) is 7.03. The molecule has 0 fully saturated rings. The summed E-state index contributed by atoms with van der Waals surface area (Å²) in [5.41, 5.74) is 1.31. The van der Waals surface area contributed by atoms with E-state index in [2.05, 4.69) is 26.3 Å². The number of aromatic nitrogens is 3. The van der Waals surface area contributed by atoms with Crippen molar-refractivity contribution in [2.45, 2.75) is 19.1 Å². The van der Waals surface area contributed by atoms with Gasteiger partial charge in [0.05, 0.1) is 23.8 Å². The topological polar surface area (TPSA) is 74.1 Å². The molecule has 0 aliphatic carbocycles. The predicted octanol–water partition coefficient (Wildman–Crippen LogP) is 5.10. The molecule has 0 saturated carbocycles. The fourth-order valence-electron chi connectivity index (χ4n) is 3.64. The van der Waals surface area contributed by atoms with E-state index in [0.717, 1.165) is 12.1 Å². The van der Waals surface area contributed by atoms with Crippen molar-refractivity contribution in [1.29, 1.82) is 5.26 Å². The zero-order chi connectivity index (χ0) is 23.0. The maximum absolute atomic E-state index is 13.3. The Bertz CT molecular complexity index is 1290. The lowest BCUT2D eigenvalue weighted by Gasteiger charge is -2.34. The van der Waals surface area contributed by atoms with Crippen LogP contribution in [0.4, 0.5) is 30.8 Å². The maximum Gasteiger partial charge on any atom is 0.416 e. The number of alkyl halides is 3. The number of halogens is 3. The zero-order valence-electron chi connectivity index (χ0n) is 17.0. The van der Waals surface area contributed by atoms with Crippen LogP contribution in [0, 0.1) is 17.9 Å². The molecule has 1 atom stereocenters. The summed E-state index contributed by atoms with van der Waals surface area (Å²) in [6, 6.07) is 13.0. The third-order valence-electron chi connectivity index (χ3n) is 5.15. The van der Waals surface area contributed by atoms with Gasteiger partial charge in [-0.15, -0.1) is 5.10 Å². The van der Waals surface area contributed by atoms with Crippen molar-refractivity contribution in [1.82, 2.24) is 14.8 Å². The van der Waals surface area contributed by atoms with Gasteiger partial charge in [-0.05, 0) is 42.8 Å². The van der Waals surface area contributed by atoms with Crippen LogP contribution < -0.4 is 10.2 Å². The molecular weight excluding hydrogens is 419 g/mol. The highest BCUT2D eigenvalue weighted by atomic mass is 19.4. The van der Waals surface area contributed by atoms with Gasteiger partial charge in [-0.1, -0.05) is 18.2 Å². The number of nitrogens with zero attached hydrogens (tertiary/aromatic N) is 6. The predicted molar refractivity (Wildman–Crippen MR) is 112 cm³/mol. The molecule has 2 aromatic carbocycles. The highest BCUT2D eigenvalue weighted by Crippen LogP contribution is 2.44. The molecule has 0 amide bonds. The van der Waals surface area contributed by atoms with E-state index >= 15 is 0 Å². The number of nitriles is 1. The average Bonchev–Trinajstić information content (AvgIpc) is 3.21. The maximum atomic E-state index is 13.3. The van der Waals surface area contributed by atoms with Crippen molar-refractivity contribution in [3.8, 4) is 6.07 Å². The van der Waals surface area contributed by atoms with Crippen LogP contribution in [0.1, 0.15) is 29.7 Å². The largest absolute Gasteiger partial charge is 0.416 e. The van der Waals surface area contributed by atoms with Gasteiger partial charge in [0.1, 0.15) is 6.04 Å². The number of anilines is 3. The summed E-state index contributed by atoms with van der Waals surface area (Å²) >= 11 is 0. The number of rotatable bonds is 3. The number of benzene rings is 2. The van der Waals surface area contributed by atoms with E-state index in [1.165, 1.54) is 21.7 Å². The van der Waals surface area contributed by atoms with Gasteiger partial charge in [0, 0.05) is 18.4 Å². The van der Waals surface area contributed by atoms with E-state index in [1.54, 1.807) is 38.2 Å². The molecular formula is C22H16F3N7. The second kappa shape index (κ2) is 7.75. The molecule has 0 bridgehead atoms. The quantitative estimate of drug-likeness (QED) is 0.580. The lowest BCUT2D eigenvalue weighted by molar-refractivity contribution is -0.137. The summed E-state index contributed by atoms with van der Waals surface area (Å²) in [5, 5.41) is 16.4. The first kappa shape index (κ1) is 20.9. The van der Waals surface area contributed by atoms with Crippen molar-refractivity contribution >= 4 is 17.6 Å². The third kappa shape index (κ3) is 3.42. The molecule has 4 rings (SSSR count). The van der Waals surface area contributed by atoms with Gasteiger partial charge in [0.2, 0.25) is 17.6 Å². The Hall–Kier alpha value is -4.31. The first-order valence-electron chi connectivity index (χ1n) is 9.48. The van der Waals surface area contributed by atoms with Crippen LogP contribution in [0.2, 0.25) is 0 Å². The summed E-state index contributed by atoms with van der Waals surface area (Å²) in [4.78, 5) is 9.64. The van der Waals surface area contributed by atoms with E-state index in [4.69, 9.17) is 11.8 Å². The van der Waals surface area contributed by atoms with E-state index in [9.17, 15) is 13.2 Å². The highest BCUT2D eigenvalue weighted by Gasteiger charge is 2.37. The molecule has 0 radical (unpaired) electrons. The Balaban J connectivity index is 1.94. The fourth-order valence-corrected chi connectivity index (χ4v) is 3.64. The van der Waals surface area contributed by atoms with Gasteiger partial charge in [0.25, 0.3) is 0 Å². The summed E-state index contributed by atoms with van der Waals surface area (Å²) in [5.74, 6) is 0.530. The van der Waals surface area contributed by atoms with E-state index in [1.807, 2.05) is 0 Å². The van der Waals surface area contributed by atoms with E-state index in [0.29, 0.717) is 16.8 Å². The molecule has 1 aliphatic rings. The first-order valence-corrected chi connectivity index (χ1v) is 9.48. The second-order valence-electron chi connectivity index (χ2n) is 7.03. The molecule has 1 aromatic heterocycles. The van der Waals surface area contributed by atoms with Gasteiger partial charge in [-0.25, -0.2) is 9.53 Å².